The van der Waals surface area contributed by atoms with E-state index in [4.69, 9.17) is 0 Å². The Labute approximate surface area is 124 Å². The molecule has 1 aliphatic heterocycles. The number of piperidine rings is 1. The van der Waals surface area contributed by atoms with E-state index in [0.717, 1.165) is 25.7 Å². The highest BCUT2D eigenvalue weighted by Gasteiger charge is 2.41. The van der Waals surface area contributed by atoms with Crippen LogP contribution >= 0.6 is 0 Å². The van der Waals surface area contributed by atoms with E-state index in [1.807, 2.05) is 4.90 Å². The van der Waals surface area contributed by atoms with Crippen LogP contribution in [0.5, 0.6) is 0 Å². The molecule has 2 aliphatic rings. The van der Waals surface area contributed by atoms with Gasteiger partial charge in [0, 0.05) is 13.0 Å². The zero-order valence-electron chi connectivity index (χ0n) is 12.3. The minimum Gasteiger partial charge on any atom is -0.480 e. The Bertz CT molecular complexity index is 426. The molecule has 0 bridgehead atoms. The Morgan fingerprint density at radius 1 is 1.10 bits per heavy atom. The van der Waals surface area contributed by atoms with Gasteiger partial charge in [-0.2, -0.15) is 0 Å². The summed E-state index contributed by atoms with van der Waals surface area (Å²) in [5.74, 6) is -1.11. The van der Waals surface area contributed by atoms with Gasteiger partial charge >= 0.3 is 5.97 Å². The van der Waals surface area contributed by atoms with Crippen molar-refractivity contribution in [1.29, 1.82) is 0 Å². The van der Waals surface area contributed by atoms with Gasteiger partial charge in [0.25, 0.3) is 5.91 Å². The van der Waals surface area contributed by atoms with Crippen LogP contribution in [0.15, 0.2) is 0 Å². The summed E-state index contributed by atoms with van der Waals surface area (Å²) in [6, 6.07) is -0.441. The lowest BCUT2D eigenvalue weighted by atomic mass is 9.76. The fraction of sp³-hybridized carbons (Fsp3) is 0.786. The summed E-state index contributed by atoms with van der Waals surface area (Å²) in [5, 5.41) is 9.39. The maximum atomic E-state index is 11.9. The molecule has 0 aromatic rings. The second kappa shape index (κ2) is 6.89. The number of carbonyl (C=O) groups is 3. The topological polar surface area (TPSA) is 98.7 Å². The monoisotopic (exact) mass is 297 g/mol. The molecular weight excluding hydrogens is 274 g/mol. The van der Waals surface area contributed by atoms with Crippen molar-refractivity contribution in [2.45, 2.75) is 57.5 Å². The Kier molecular flexibility index (Phi) is 5.17. The number of hydrogen-bond donors (Lipinski definition) is 3. The molecule has 3 atom stereocenters. The lowest BCUT2D eigenvalue weighted by Gasteiger charge is -2.46. The summed E-state index contributed by atoms with van der Waals surface area (Å²) in [4.78, 5) is 36.0. The summed E-state index contributed by atoms with van der Waals surface area (Å²) in [6.07, 6.45) is 5.83. The number of hydrogen-bond acceptors (Lipinski definition) is 4. The summed E-state index contributed by atoms with van der Waals surface area (Å²) in [6.45, 7) is 1.32. The second-order valence-corrected chi connectivity index (χ2v) is 5.94. The minimum absolute atomic E-state index is 0.0123. The summed E-state index contributed by atoms with van der Waals surface area (Å²) < 4.78 is 0. The molecule has 0 spiro atoms. The number of carboxylic acids is 1. The van der Waals surface area contributed by atoms with E-state index >= 15 is 0 Å². The number of amides is 2. The van der Waals surface area contributed by atoms with Gasteiger partial charge < -0.3 is 5.11 Å². The molecule has 2 fully saturated rings. The molecule has 3 N–H and O–H groups in total. The van der Waals surface area contributed by atoms with Crippen LogP contribution in [-0.2, 0) is 14.4 Å². The predicted octanol–water partition coefficient (Wildman–Crippen LogP) is 0.262. The van der Waals surface area contributed by atoms with Gasteiger partial charge in [0.2, 0.25) is 5.91 Å². The van der Waals surface area contributed by atoms with Crippen LogP contribution in [0.4, 0.5) is 0 Å². The summed E-state index contributed by atoms with van der Waals surface area (Å²) in [7, 11) is 0. The molecule has 0 aromatic heterocycles. The van der Waals surface area contributed by atoms with Crippen molar-refractivity contribution in [3.05, 3.63) is 0 Å². The van der Waals surface area contributed by atoms with Gasteiger partial charge in [0.15, 0.2) is 0 Å². The molecule has 21 heavy (non-hydrogen) atoms. The van der Waals surface area contributed by atoms with Crippen LogP contribution in [0, 0.1) is 5.92 Å². The summed E-state index contributed by atoms with van der Waals surface area (Å²) in [5.41, 5.74) is 4.55. The number of aliphatic carboxylic acids is 1. The van der Waals surface area contributed by atoms with Gasteiger partial charge in [-0.15, -0.1) is 0 Å². The van der Waals surface area contributed by atoms with Crippen molar-refractivity contribution >= 4 is 17.8 Å². The van der Waals surface area contributed by atoms with Gasteiger partial charge in [-0.1, -0.05) is 12.8 Å². The van der Waals surface area contributed by atoms with E-state index in [-0.39, 0.29) is 24.4 Å². The van der Waals surface area contributed by atoms with E-state index in [1.54, 1.807) is 0 Å². The standard InChI is InChI=1S/C14H23N3O4/c1-9(18)15-16-13(19)8-17-11-5-3-2-4-10(11)6-7-12(17)14(20)21/h10-12H,2-8H2,1H3,(H,15,18)(H,16,19)(H,20,21). The lowest BCUT2D eigenvalue weighted by molar-refractivity contribution is -0.149. The minimum atomic E-state index is -0.869. The third-order valence-corrected chi connectivity index (χ3v) is 4.50. The fourth-order valence-electron chi connectivity index (χ4n) is 3.59. The van der Waals surface area contributed by atoms with E-state index in [0.29, 0.717) is 12.3 Å². The van der Waals surface area contributed by atoms with E-state index < -0.39 is 12.0 Å². The smallest absolute Gasteiger partial charge is 0.320 e. The Balaban J connectivity index is 2.03. The van der Waals surface area contributed by atoms with Crippen LogP contribution in [0.25, 0.3) is 0 Å². The van der Waals surface area contributed by atoms with E-state index in [2.05, 4.69) is 10.9 Å². The fourth-order valence-corrected chi connectivity index (χ4v) is 3.59. The quantitative estimate of drug-likeness (QED) is 0.649. The molecule has 1 aliphatic carbocycles. The average molecular weight is 297 g/mol. The number of carbonyl (C=O) groups excluding carboxylic acids is 2. The van der Waals surface area contributed by atoms with Gasteiger partial charge in [-0.25, -0.2) is 0 Å². The lowest BCUT2D eigenvalue weighted by Crippen LogP contribution is -2.58. The number of rotatable bonds is 3. The number of nitrogens with one attached hydrogen (secondary N) is 2. The highest BCUT2D eigenvalue weighted by molar-refractivity contribution is 5.83. The maximum Gasteiger partial charge on any atom is 0.320 e. The first-order chi connectivity index (χ1) is 9.99. The SMILES string of the molecule is CC(=O)NNC(=O)CN1C(C(=O)O)CCC2CCCCC21. The predicted molar refractivity (Wildman–Crippen MR) is 75.1 cm³/mol. The van der Waals surface area contributed by atoms with Crippen molar-refractivity contribution in [3.63, 3.8) is 0 Å². The molecule has 7 heteroatoms. The molecule has 2 rings (SSSR count). The summed E-state index contributed by atoms with van der Waals surface area (Å²) >= 11 is 0. The highest BCUT2D eigenvalue weighted by atomic mass is 16.4. The van der Waals surface area contributed by atoms with Crippen LogP contribution < -0.4 is 10.9 Å². The Morgan fingerprint density at radius 3 is 2.48 bits per heavy atom. The molecule has 118 valence electrons. The average Bonchev–Trinajstić information content (AvgIpc) is 2.45. The first kappa shape index (κ1) is 15.8. The third-order valence-electron chi connectivity index (χ3n) is 4.50. The Hall–Kier alpha value is -1.63. The molecule has 3 unspecified atom stereocenters. The first-order valence-electron chi connectivity index (χ1n) is 7.53. The molecule has 2 amide bonds. The highest BCUT2D eigenvalue weighted by Crippen LogP contribution is 2.37. The van der Waals surface area contributed by atoms with Crippen LogP contribution in [0.2, 0.25) is 0 Å². The van der Waals surface area contributed by atoms with Crippen molar-refractivity contribution in [2.75, 3.05) is 6.54 Å². The molecule has 0 aromatic carbocycles. The van der Waals surface area contributed by atoms with Crippen molar-refractivity contribution in [2.24, 2.45) is 5.92 Å². The normalized spacial score (nSPS) is 29.3. The van der Waals surface area contributed by atoms with E-state index in [1.165, 1.54) is 13.3 Å². The first-order valence-corrected chi connectivity index (χ1v) is 7.53. The number of carboxylic acid groups (broad SMARTS) is 1. The number of likely N-dealkylation sites (tertiary alicyclic amines) is 1. The van der Waals surface area contributed by atoms with Gasteiger partial charge in [0.1, 0.15) is 6.04 Å². The number of fused-ring (bicyclic) bond motifs is 1. The Morgan fingerprint density at radius 2 is 1.81 bits per heavy atom. The van der Waals surface area contributed by atoms with E-state index in [9.17, 15) is 19.5 Å². The molecular formula is C14H23N3O4. The van der Waals surface area contributed by atoms with Crippen molar-refractivity contribution < 1.29 is 19.5 Å². The van der Waals surface area contributed by atoms with Crippen LogP contribution in [0.1, 0.15) is 45.4 Å². The largest absolute Gasteiger partial charge is 0.480 e. The zero-order chi connectivity index (χ0) is 15.4. The molecule has 1 saturated heterocycles. The maximum absolute atomic E-state index is 11.9. The van der Waals surface area contributed by atoms with Crippen LogP contribution in [0.3, 0.4) is 0 Å². The van der Waals surface area contributed by atoms with Gasteiger partial charge in [0.05, 0.1) is 6.54 Å². The molecule has 0 radical (unpaired) electrons. The van der Waals surface area contributed by atoms with Crippen molar-refractivity contribution in [3.8, 4) is 0 Å². The van der Waals surface area contributed by atoms with Crippen molar-refractivity contribution in [1.82, 2.24) is 15.8 Å². The van der Waals surface area contributed by atoms with Crippen LogP contribution in [-0.4, -0.2) is 46.4 Å². The third kappa shape index (κ3) is 3.93. The second-order valence-electron chi connectivity index (χ2n) is 5.94. The molecule has 7 nitrogen and oxygen atoms in total. The van der Waals surface area contributed by atoms with Gasteiger partial charge in [-0.3, -0.25) is 30.1 Å². The van der Waals surface area contributed by atoms with Gasteiger partial charge in [-0.05, 0) is 31.6 Å². The molecule has 1 saturated carbocycles. The molecule has 1 heterocycles. The zero-order valence-corrected chi connectivity index (χ0v) is 12.3. The number of hydrazine groups is 1. The number of nitrogens with zero attached hydrogens (tertiary/aromatic N) is 1.